The number of methoxy groups -OCH3 is 10. The first kappa shape index (κ1) is 48.8. The predicted octanol–water partition coefficient (Wildman–Crippen LogP) is 8.96. The molecule has 0 radical (unpaired) electrons. The summed E-state index contributed by atoms with van der Waals surface area (Å²) in [5.41, 5.74) is 0. The molecule has 0 aromatic rings. The second kappa shape index (κ2) is 24.0. The van der Waals surface area contributed by atoms with Crippen molar-refractivity contribution in [3.63, 3.8) is 0 Å². The molecule has 10 heteroatoms. The predicted molar refractivity (Wildman–Crippen MR) is 235 cm³/mol. The number of rotatable bonds is 10. The van der Waals surface area contributed by atoms with Gasteiger partial charge in [0.05, 0.1) is 61.0 Å². The molecule has 0 heterocycles. The standard InChI is InChI=1S/C50H88O10/c1-51-41-20-19-31-21-40-30-49(59-9)39(29-50(40)60-10)18-17-38-28-47(57-7)37(27-48(38)58-8)16-15-36-26-45(55-5)35(25-46(36)56-6)14-13-34-24-43(53-3)33(23-44(34)54-4)12-11-32(41)22-42(31)52-2/h13-14,31-50H,11-12,15-30H2,1-10H3/b14-13-/t31?,32-,33-,34-,35+,36+,37-,38+,39+,40+,41?,42?,43?,44?,45?,46?,47?,48?,49?,50?/m1/s1. The highest BCUT2D eigenvalue weighted by atomic mass is 16.5. The van der Waals surface area contributed by atoms with E-state index in [0.29, 0.717) is 59.2 Å². The Kier molecular flexibility index (Phi) is 19.5. The summed E-state index contributed by atoms with van der Waals surface area (Å²) in [6.45, 7) is 0. The Hall–Kier alpha value is -0.660. The molecule has 0 aromatic carbocycles. The summed E-state index contributed by atoms with van der Waals surface area (Å²) in [7, 11) is 19.1. The summed E-state index contributed by atoms with van der Waals surface area (Å²) >= 11 is 0. The number of fused-ring (bicyclic) bond motifs is 4. The summed E-state index contributed by atoms with van der Waals surface area (Å²) in [5.74, 6) is 4.23. The second-order valence-electron chi connectivity index (χ2n) is 20.2. The van der Waals surface area contributed by atoms with Gasteiger partial charge in [-0.3, -0.25) is 0 Å². The second-order valence-corrected chi connectivity index (χ2v) is 20.2. The van der Waals surface area contributed by atoms with Gasteiger partial charge < -0.3 is 47.4 Å². The monoisotopic (exact) mass is 849 g/mol. The van der Waals surface area contributed by atoms with Crippen molar-refractivity contribution in [1.29, 1.82) is 0 Å². The first-order valence-corrected chi connectivity index (χ1v) is 24.2. The minimum Gasteiger partial charge on any atom is -0.381 e. The van der Waals surface area contributed by atoms with Gasteiger partial charge in [-0.05, 0) is 163 Å². The maximum absolute atomic E-state index is 6.42. The number of hydrogen-bond acceptors (Lipinski definition) is 10. The molecule has 10 nitrogen and oxygen atoms in total. The van der Waals surface area contributed by atoms with Crippen LogP contribution in [0.2, 0.25) is 0 Å². The smallest absolute Gasteiger partial charge is 0.0638 e. The molecule has 0 aromatic heterocycles. The lowest BCUT2D eigenvalue weighted by molar-refractivity contribution is -0.0941. The number of hydrogen-bond donors (Lipinski definition) is 0. The number of ether oxygens (including phenoxy) is 10. The lowest BCUT2D eigenvalue weighted by atomic mass is 9.68. The third-order valence-electron chi connectivity index (χ3n) is 17.7. The average molecular weight is 849 g/mol. The third kappa shape index (κ3) is 11.8. The molecule has 5 fully saturated rings. The summed E-state index contributed by atoms with van der Waals surface area (Å²) < 4.78 is 63.2. The van der Waals surface area contributed by atoms with Crippen LogP contribution in [0, 0.1) is 59.2 Å². The quantitative estimate of drug-likeness (QED) is 0.199. The highest BCUT2D eigenvalue weighted by Crippen LogP contribution is 2.47. The van der Waals surface area contributed by atoms with E-state index in [1.165, 1.54) is 0 Å². The van der Waals surface area contributed by atoms with Gasteiger partial charge in [-0.25, -0.2) is 0 Å². The molecule has 20 atom stereocenters. The van der Waals surface area contributed by atoms with Crippen LogP contribution in [0.3, 0.4) is 0 Å². The molecule has 5 saturated carbocycles. The van der Waals surface area contributed by atoms with Gasteiger partial charge in [0.25, 0.3) is 0 Å². The van der Waals surface area contributed by atoms with Crippen LogP contribution in [0.4, 0.5) is 0 Å². The maximum Gasteiger partial charge on any atom is 0.0638 e. The highest BCUT2D eigenvalue weighted by molar-refractivity contribution is 5.05. The average Bonchev–Trinajstić information content (AvgIpc) is 3.45. The van der Waals surface area contributed by atoms with Gasteiger partial charge in [0, 0.05) is 82.9 Å². The molecule has 10 aliphatic rings. The molecule has 0 N–H and O–H groups in total. The van der Waals surface area contributed by atoms with Gasteiger partial charge in [-0.2, -0.15) is 0 Å². The fourth-order valence-corrected chi connectivity index (χ4v) is 14.1. The Bertz CT molecular complexity index is 1250. The normalized spacial score (nSPS) is 46.8. The topological polar surface area (TPSA) is 92.3 Å². The Balaban J connectivity index is 1.26. The van der Waals surface area contributed by atoms with E-state index >= 15 is 0 Å². The van der Waals surface area contributed by atoms with Crippen molar-refractivity contribution in [2.45, 2.75) is 177 Å². The van der Waals surface area contributed by atoms with Crippen LogP contribution in [0.15, 0.2) is 12.2 Å². The first-order chi connectivity index (χ1) is 29.2. The molecule has 10 rings (SSSR count). The van der Waals surface area contributed by atoms with E-state index in [9.17, 15) is 0 Å². The van der Waals surface area contributed by atoms with Gasteiger partial charge in [0.1, 0.15) is 0 Å². The summed E-state index contributed by atoms with van der Waals surface area (Å²) in [6.07, 6.45) is 26.1. The van der Waals surface area contributed by atoms with Gasteiger partial charge in [0.2, 0.25) is 0 Å². The van der Waals surface area contributed by atoms with Gasteiger partial charge in [-0.1, -0.05) is 12.2 Å². The summed E-state index contributed by atoms with van der Waals surface area (Å²) in [5, 5.41) is 0. The van der Waals surface area contributed by atoms with Crippen LogP contribution in [0.5, 0.6) is 0 Å². The molecular weight excluding hydrogens is 761 g/mol. The van der Waals surface area contributed by atoms with Crippen molar-refractivity contribution in [2.24, 2.45) is 59.2 Å². The molecule has 0 aliphatic heterocycles. The van der Waals surface area contributed by atoms with Crippen molar-refractivity contribution in [3.05, 3.63) is 12.2 Å². The molecule has 10 bridgehead atoms. The Morgan fingerprint density at radius 2 is 0.433 bits per heavy atom. The fourth-order valence-electron chi connectivity index (χ4n) is 14.1. The minimum absolute atomic E-state index is 0.159. The van der Waals surface area contributed by atoms with Gasteiger partial charge in [0.15, 0.2) is 0 Å². The van der Waals surface area contributed by atoms with E-state index in [1.807, 2.05) is 71.1 Å². The van der Waals surface area contributed by atoms with Crippen molar-refractivity contribution in [1.82, 2.24) is 0 Å². The largest absolute Gasteiger partial charge is 0.381 e. The van der Waals surface area contributed by atoms with Gasteiger partial charge in [-0.15, -0.1) is 0 Å². The fraction of sp³-hybridized carbons (Fsp3) is 0.960. The van der Waals surface area contributed by atoms with E-state index in [2.05, 4.69) is 12.2 Å². The third-order valence-corrected chi connectivity index (χ3v) is 17.7. The van der Waals surface area contributed by atoms with Crippen LogP contribution in [0.1, 0.15) is 116 Å². The minimum atomic E-state index is 0.159. The molecule has 348 valence electrons. The molecular formula is C50H88O10. The van der Waals surface area contributed by atoms with Crippen molar-refractivity contribution in [3.8, 4) is 0 Å². The summed E-state index contributed by atoms with van der Waals surface area (Å²) in [4.78, 5) is 0. The molecule has 0 amide bonds. The molecule has 0 saturated heterocycles. The molecule has 11 unspecified atom stereocenters. The molecule has 60 heavy (non-hydrogen) atoms. The van der Waals surface area contributed by atoms with Crippen LogP contribution in [0.25, 0.3) is 0 Å². The summed E-state index contributed by atoms with van der Waals surface area (Å²) in [6, 6.07) is 0. The van der Waals surface area contributed by atoms with Crippen molar-refractivity contribution >= 4 is 0 Å². The Morgan fingerprint density at radius 1 is 0.217 bits per heavy atom. The molecule has 10 aliphatic carbocycles. The van der Waals surface area contributed by atoms with Crippen LogP contribution < -0.4 is 0 Å². The maximum atomic E-state index is 6.42. The zero-order chi connectivity index (χ0) is 42.8. The first-order valence-electron chi connectivity index (χ1n) is 24.2. The van der Waals surface area contributed by atoms with Crippen LogP contribution >= 0.6 is 0 Å². The van der Waals surface area contributed by atoms with Crippen LogP contribution in [-0.4, -0.2) is 132 Å². The highest BCUT2D eigenvalue weighted by Gasteiger charge is 2.45. The lowest BCUT2D eigenvalue weighted by Gasteiger charge is -2.44. The zero-order valence-corrected chi connectivity index (χ0v) is 39.5. The van der Waals surface area contributed by atoms with Crippen LogP contribution in [-0.2, 0) is 47.4 Å². The Labute approximate surface area is 365 Å². The van der Waals surface area contributed by atoms with E-state index in [-0.39, 0.29) is 61.0 Å². The van der Waals surface area contributed by atoms with E-state index in [1.54, 1.807) is 0 Å². The van der Waals surface area contributed by atoms with E-state index in [4.69, 9.17) is 47.4 Å². The van der Waals surface area contributed by atoms with Gasteiger partial charge >= 0.3 is 0 Å². The van der Waals surface area contributed by atoms with E-state index < -0.39 is 0 Å². The SMILES string of the molecule is COC1C[C@H]2CC[C@@H]3CC(OC)[C@H](/C=C\[C@H]4CC(OC)[C@@H](CC[C@@H]5CC(OC)[C@@H](CC[C@H]6CC(OC)[C@@H](CC1CCC2OC)CC6OC)CC5OC)CC4OC)CC3OC. The lowest BCUT2D eigenvalue weighted by Crippen LogP contribution is -2.44. The zero-order valence-electron chi connectivity index (χ0n) is 39.5. The van der Waals surface area contributed by atoms with E-state index in [0.717, 1.165) is 116 Å². The van der Waals surface area contributed by atoms with Crippen molar-refractivity contribution < 1.29 is 47.4 Å². The molecule has 0 spiro atoms. The Morgan fingerprint density at radius 3 is 0.750 bits per heavy atom. The van der Waals surface area contributed by atoms with Crippen molar-refractivity contribution in [2.75, 3.05) is 71.1 Å².